The van der Waals surface area contributed by atoms with Crippen molar-refractivity contribution in [2.75, 3.05) is 33.3 Å². The molecule has 0 atom stereocenters. The molecule has 1 aromatic rings. The Morgan fingerprint density at radius 2 is 1.73 bits per heavy atom. The van der Waals surface area contributed by atoms with Crippen molar-refractivity contribution in [2.24, 2.45) is 0 Å². The number of urea groups is 1. The number of aryl methyl sites for hydroxylation is 2. The van der Waals surface area contributed by atoms with E-state index in [0.29, 0.717) is 32.6 Å². The summed E-state index contributed by atoms with van der Waals surface area (Å²) in [5, 5.41) is 2.92. The lowest BCUT2D eigenvalue weighted by molar-refractivity contribution is -0.130. The fraction of sp³-hybridized carbons (Fsp3) is 0.600. The van der Waals surface area contributed by atoms with Gasteiger partial charge in [-0.25, -0.2) is 4.79 Å². The molecular formula is C20H31N3O3. The van der Waals surface area contributed by atoms with Gasteiger partial charge in [0.05, 0.1) is 13.5 Å². The highest BCUT2D eigenvalue weighted by Gasteiger charge is 2.22. The summed E-state index contributed by atoms with van der Waals surface area (Å²) in [5.74, 6) is 0.962. The molecule has 0 radical (unpaired) electrons. The van der Waals surface area contributed by atoms with Gasteiger partial charge in [-0.05, 0) is 56.9 Å². The fourth-order valence-corrected chi connectivity index (χ4v) is 3.24. The number of nitrogens with zero attached hydrogens (tertiary/aromatic N) is 2. The van der Waals surface area contributed by atoms with Gasteiger partial charge in [-0.15, -0.1) is 0 Å². The minimum absolute atomic E-state index is 0.0454. The lowest BCUT2D eigenvalue weighted by Crippen LogP contribution is -2.45. The van der Waals surface area contributed by atoms with Gasteiger partial charge in [-0.1, -0.05) is 6.07 Å². The Kier molecular flexibility index (Phi) is 6.89. The normalized spacial score (nSPS) is 15.0. The van der Waals surface area contributed by atoms with Crippen molar-refractivity contribution in [2.45, 2.75) is 46.6 Å². The smallest absolute Gasteiger partial charge is 0.317 e. The van der Waals surface area contributed by atoms with E-state index in [0.717, 1.165) is 28.9 Å². The zero-order valence-corrected chi connectivity index (χ0v) is 16.6. The number of hydrogen-bond donors (Lipinski definition) is 1. The first-order chi connectivity index (χ1) is 12.3. The van der Waals surface area contributed by atoms with Crippen LogP contribution >= 0.6 is 0 Å². The van der Waals surface area contributed by atoms with Crippen LogP contribution in [0.4, 0.5) is 4.79 Å². The van der Waals surface area contributed by atoms with Crippen molar-refractivity contribution < 1.29 is 14.3 Å². The van der Waals surface area contributed by atoms with E-state index in [9.17, 15) is 9.59 Å². The summed E-state index contributed by atoms with van der Waals surface area (Å²) in [7, 11) is 1.66. The first kappa shape index (κ1) is 20.1. The predicted molar refractivity (Wildman–Crippen MR) is 103 cm³/mol. The maximum atomic E-state index is 12.8. The van der Waals surface area contributed by atoms with Gasteiger partial charge >= 0.3 is 6.03 Å². The van der Waals surface area contributed by atoms with Crippen molar-refractivity contribution in [3.63, 3.8) is 0 Å². The van der Waals surface area contributed by atoms with Crippen LogP contribution in [0, 0.1) is 13.8 Å². The van der Waals surface area contributed by atoms with Crippen LogP contribution in [-0.4, -0.2) is 61.1 Å². The van der Waals surface area contributed by atoms with E-state index in [2.05, 4.69) is 5.32 Å². The van der Waals surface area contributed by atoms with Gasteiger partial charge in [0, 0.05) is 32.2 Å². The van der Waals surface area contributed by atoms with Gasteiger partial charge in [0.15, 0.2) is 0 Å². The van der Waals surface area contributed by atoms with E-state index in [1.807, 2.05) is 44.7 Å². The zero-order chi connectivity index (χ0) is 19.3. The molecule has 1 N–H and O–H groups in total. The number of carbonyl (C=O) groups is 2. The Bertz CT molecular complexity index is 658. The molecule has 1 aliphatic heterocycles. The van der Waals surface area contributed by atoms with E-state index >= 15 is 0 Å². The Labute approximate surface area is 156 Å². The molecule has 0 saturated carbocycles. The number of carbonyl (C=O) groups excluding carboxylic acids is 2. The minimum atomic E-state index is -0.0454. The Balaban J connectivity index is 1.98. The molecule has 0 spiro atoms. The first-order valence-corrected chi connectivity index (χ1v) is 9.29. The maximum absolute atomic E-state index is 12.8. The molecule has 1 aliphatic rings. The van der Waals surface area contributed by atoms with E-state index in [1.165, 1.54) is 0 Å². The zero-order valence-electron chi connectivity index (χ0n) is 16.6. The van der Waals surface area contributed by atoms with Crippen LogP contribution in [0.15, 0.2) is 12.1 Å². The van der Waals surface area contributed by atoms with Gasteiger partial charge in [0.2, 0.25) is 5.91 Å². The summed E-state index contributed by atoms with van der Waals surface area (Å²) in [6.45, 7) is 10.4. The maximum Gasteiger partial charge on any atom is 0.317 e. The molecule has 0 aliphatic carbocycles. The van der Waals surface area contributed by atoms with Crippen LogP contribution in [0.3, 0.4) is 0 Å². The summed E-state index contributed by atoms with van der Waals surface area (Å²) in [6.07, 6.45) is 1.19. The monoisotopic (exact) mass is 361 g/mol. The van der Waals surface area contributed by atoms with Crippen molar-refractivity contribution in [3.8, 4) is 5.75 Å². The van der Waals surface area contributed by atoms with Gasteiger partial charge < -0.3 is 19.9 Å². The molecule has 6 heteroatoms. The molecule has 6 nitrogen and oxygen atoms in total. The second-order valence-electron chi connectivity index (χ2n) is 7.25. The lowest BCUT2D eigenvalue weighted by Gasteiger charge is -2.23. The topological polar surface area (TPSA) is 61.9 Å². The number of methoxy groups -OCH3 is 1. The summed E-state index contributed by atoms with van der Waals surface area (Å²) in [6, 6.07) is 4.09. The molecule has 0 bridgehead atoms. The molecule has 1 heterocycles. The van der Waals surface area contributed by atoms with E-state index in [4.69, 9.17) is 4.74 Å². The summed E-state index contributed by atoms with van der Waals surface area (Å²) in [4.78, 5) is 28.6. The third-order valence-corrected chi connectivity index (χ3v) is 4.74. The third-order valence-electron chi connectivity index (χ3n) is 4.74. The molecule has 3 amide bonds. The number of amides is 3. The molecule has 0 unspecified atom stereocenters. The van der Waals surface area contributed by atoms with Gasteiger partial charge in [-0.2, -0.15) is 0 Å². The number of nitrogens with one attached hydrogen (secondary N) is 1. The molecule has 2 rings (SSSR count). The number of ether oxygens (including phenoxy) is 1. The SMILES string of the molecule is COc1cc(C)c(CC(=O)N2CCCN(C(=O)NC(C)C)CC2)cc1C. The van der Waals surface area contributed by atoms with Gasteiger partial charge in [0.1, 0.15) is 5.75 Å². The standard InChI is InChI=1S/C20H31N3O3/c1-14(2)21-20(25)23-8-6-7-22(9-10-23)19(24)13-17-11-16(4)18(26-5)12-15(17)3/h11-12,14H,6-10,13H2,1-5H3,(H,21,25). The van der Waals surface area contributed by atoms with Crippen molar-refractivity contribution in [1.29, 1.82) is 0 Å². The number of rotatable bonds is 4. The predicted octanol–water partition coefficient (Wildman–Crippen LogP) is 2.51. The highest BCUT2D eigenvalue weighted by Crippen LogP contribution is 2.23. The fourth-order valence-electron chi connectivity index (χ4n) is 3.24. The van der Waals surface area contributed by atoms with Crippen LogP contribution in [0.5, 0.6) is 5.75 Å². The molecule has 1 aromatic carbocycles. The van der Waals surface area contributed by atoms with E-state index in [1.54, 1.807) is 12.0 Å². The Hall–Kier alpha value is -2.24. The van der Waals surface area contributed by atoms with Crippen LogP contribution in [0.25, 0.3) is 0 Å². The van der Waals surface area contributed by atoms with E-state index in [-0.39, 0.29) is 18.0 Å². The molecule has 26 heavy (non-hydrogen) atoms. The van der Waals surface area contributed by atoms with Crippen LogP contribution in [-0.2, 0) is 11.2 Å². The lowest BCUT2D eigenvalue weighted by atomic mass is 10.0. The van der Waals surface area contributed by atoms with E-state index < -0.39 is 0 Å². The van der Waals surface area contributed by atoms with Crippen molar-refractivity contribution in [1.82, 2.24) is 15.1 Å². The summed E-state index contributed by atoms with van der Waals surface area (Å²) >= 11 is 0. The first-order valence-electron chi connectivity index (χ1n) is 9.29. The van der Waals surface area contributed by atoms with Crippen molar-refractivity contribution >= 4 is 11.9 Å². The highest BCUT2D eigenvalue weighted by molar-refractivity contribution is 5.80. The van der Waals surface area contributed by atoms with Crippen LogP contribution < -0.4 is 10.1 Å². The van der Waals surface area contributed by atoms with Gasteiger partial charge in [0.25, 0.3) is 0 Å². The average molecular weight is 361 g/mol. The highest BCUT2D eigenvalue weighted by atomic mass is 16.5. The van der Waals surface area contributed by atoms with Crippen molar-refractivity contribution in [3.05, 3.63) is 28.8 Å². The summed E-state index contributed by atoms with van der Waals surface area (Å²) in [5.41, 5.74) is 3.13. The molecule has 144 valence electrons. The quantitative estimate of drug-likeness (QED) is 0.896. The molecule has 0 aromatic heterocycles. The van der Waals surface area contributed by atoms with Crippen LogP contribution in [0.2, 0.25) is 0 Å². The Morgan fingerprint density at radius 1 is 1.08 bits per heavy atom. The second-order valence-corrected chi connectivity index (χ2v) is 7.25. The van der Waals surface area contributed by atoms with Gasteiger partial charge in [-0.3, -0.25) is 4.79 Å². The average Bonchev–Trinajstić information content (AvgIpc) is 2.83. The third kappa shape index (κ3) is 5.13. The summed E-state index contributed by atoms with van der Waals surface area (Å²) < 4.78 is 5.34. The van der Waals surface area contributed by atoms with Crippen LogP contribution in [0.1, 0.15) is 37.0 Å². The second kappa shape index (κ2) is 8.92. The largest absolute Gasteiger partial charge is 0.496 e. The number of hydrogen-bond acceptors (Lipinski definition) is 3. The Morgan fingerprint density at radius 3 is 2.38 bits per heavy atom. The molecule has 1 fully saturated rings. The molecule has 1 saturated heterocycles. The molecular weight excluding hydrogens is 330 g/mol. The minimum Gasteiger partial charge on any atom is -0.496 e. The number of benzene rings is 1.